The monoisotopic (exact) mass is 341 g/mol. The molecule has 1 amide bonds. The highest BCUT2D eigenvalue weighted by Gasteiger charge is 2.31. The van der Waals surface area contributed by atoms with E-state index in [-0.39, 0.29) is 12.2 Å². The Morgan fingerprint density at radius 1 is 1.35 bits per heavy atom. The fraction of sp³-hybridized carbons (Fsp3) is 0.333. The van der Waals surface area contributed by atoms with Crippen molar-refractivity contribution in [2.45, 2.75) is 19.3 Å². The lowest BCUT2D eigenvalue weighted by atomic mass is 10.2. The normalized spacial score (nSPS) is 14.2. The molecule has 0 aromatic heterocycles. The van der Waals surface area contributed by atoms with Crippen LogP contribution in [-0.2, 0) is 25.4 Å². The van der Waals surface area contributed by atoms with Crippen LogP contribution >= 0.6 is 7.37 Å². The number of nitrogens with one attached hydrogen (secondary N) is 1. The predicted molar refractivity (Wildman–Crippen MR) is 85.1 cm³/mol. The highest BCUT2D eigenvalue weighted by Crippen LogP contribution is 2.46. The highest BCUT2D eigenvalue weighted by atomic mass is 31.2. The second-order valence-electron chi connectivity index (χ2n) is 4.89. The molecule has 0 heterocycles. The summed E-state index contributed by atoms with van der Waals surface area (Å²) in [6.45, 7) is 4.80. The Morgan fingerprint density at radius 2 is 1.96 bits per heavy atom. The van der Waals surface area contributed by atoms with Crippen LogP contribution in [0.4, 0.5) is 4.79 Å². The quantitative estimate of drug-likeness (QED) is 0.448. The average molecular weight is 341 g/mol. The number of esters is 1. The van der Waals surface area contributed by atoms with Gasteiger partial charge in [0.15, 0.2) is 0 Å². The van der Waals surface area contributed by atoms with Gasteiger partial charge in [-0.05, 0) is 12.5 Å². The minimum absolute atomic E-state index is 0.0456. The summed E-state index contributed by atoms with van der Waals surface area (Å²) in [5.74, 6) is -1.86. The first-order chi connectivity index (χ1) is 10.8. The van der Waals surface area contributed by atoms with Gasteiger partial charge in [0.1, 0.15) is 12.4 Å². The second kappa shape index (κ2) is 8.50. The van der Waals surface area contributed by atoms with Crippen molar-refractivity contribution < 1.29 is 28.5 Å². The Bertz CT molecular complexity index is 616. The van der Waals surface area contributed by atoms with Gasteiger partial charge in [0.05, 0.1) is 13.3 Å². The number of amides is 1. The van der Waals surface area contributed by atoms with Crippen molar-refractivity contribution in [3.63, 3.8) is 0 Å². The predicted octanol–water partition coefficient (Wildman–Crippen LogP) is 2.26. The number of benzene rings is 1. The third-order valence-electron chi connectivity index (χ3n) is 3.04. The van der Waals surface area contributed by atoms with Gasteiger partial charge in [-0.3, -0.25) is 4.57 Å². The summed E-state index contributed by atoms with van der Waals surface area (Å²) in [5.41, 5.74) is 0.659. The molecule has 1 aromatic carbocycles. The van der Waals surface area contributed by atoms with E-state index in [4.69, 9.17) is 4.74 Å². The Labute approximate surface area is 134 Å². The van der Waals surface area contributed by atoms with E-state index in [1.165, 1.54) is 6.92 Å². The van der Waals surface area contributed by atoms with E-state index in [2.05, 4.69) is 16.6 Å². The maximum atomic E-state index is 12.2. The van der Waals surface area contributed by atoms with Gasteiger partial charge in [-0.15, -0.1) is 0 Å². The minimum Gasteiger partial charge on any atom is -0.466 e. The lowest BCUT2D eigenvalue weighted by Gasteiger charge is -2.20. The number of rotatable bonds is 7. The van der Waals surface area contributed by atoms with E-state index in [0.717, 1.165) is 12.7 Å². The topological polar surface area (TPSA) is 102 Å². The number of hydrogen-bond donors (Lipinski definition) is 2. The molecule has 1 rings (SSSR count). The maximum absolute atomic E-state index is 12.2. The molecule has 0 aliphatic rings. The molecular weight excluding hydrogens is 321 g/mol. The first-order valence-corrected chi connectivity index (χ1v) is 8.72. The number of carbonyl (C=O) groups is 2. The fourth-order valence-corrected chi connectivity index (χ4v) is 2.91. The van der Waals surface area contributed by atoms with E-state index in [1.807, 2.05) is 6.07 Å². The van der Waals surface area contributed by atoms with Crippen LogP contribution in [0.1, 0.15) is 12.5 Å². The molecule has 0 aliphatic carbocycles. The number of ether oxygens (including phenoxy) is 2. The molecule has 0 saturated carbocycles. The number of hydrogen-bond acceptors (Lipinski definition) is 5. The van der Waals surface area contributed by atoms with Crippen molar-refractivity contribution >= 4 is 19.4 Å². The molecule has 0 bridgehead atoms. The molecule has 7 nitrogen and oxygen atoms in total. The molecule has 0 radical (unpaired) electrons. The van der Waals surface area contributed by atoms with Crippen LogP contribution in [0.5, 0.6) is 0 Å². The van der Waals surface area contributed by atoms with Crippen LogP contribution in [-0.4, -0.2) is 36.0 Å². The molecule has 2 atom stereocenters. The fourth-order valence-electron chi connectivity index (χ4n) is 1.66. The van der Waals surface area contributed by atoms with Crippen LogP contribution in [0.3, 0.4) is 0 Å². The van der Waals surface area contributed by atoms with Crippen molar-refractivity contribution in [2.75, 3.05) is 13.3 Å². The summed E-state index contributed by atoms with van der Waals surface area (Å²) >= 11 is 0. The Hall–Kier alpha value is -2.11. The van der Waals surface area contributed by atoms with Gasteiger partial charge in [-0.2, -0.15) is 0 Å². The minimum atomic E-state index is -3.87. The van der Waals surface area contributed by atoms with Crippen LogP contribution in [0.2, 0.25) is 0 Å². The van der Waals surface area contributed by atoms with Gasteiger partial charge in [0.2, 0.25) is 7.37 Å². The summed E-state index contributed by atoms with van der Waals surface area (Å²) in [7, 11) is -2.72. The molecule has 0 saturated heterocycles. The molecular formula is C15H20NO6P. The SMILES string of the molecule is C=C(CP(=O)(O)C(C)NC(=O)OCc1ccccc1)C(=O)OC. The van der Waals surface area contributed by atoms with Crippen LogP contribution in [0.15, 0.2) is 42.5 Å². The van der Waals surface area contributed by atoms with Crippen LogP contribution in [0.25, 0.3) is 0 Å². The zero-order valence-electron chi connectivity index (χ0n) is 13.0. The van der Waals surface area contributed by atoms with Crippen molar-refractivity contribution in [3.05, 3.63) is 48.0 Å². The Morgan fingerprint density at radius 3 is 2.52 bits per heavy atom. The van der Waals surface area contributed by atoms with Gasteiger partial charge in [0.25, 0.3) is 0 Å². The van der Waals surface area contributed by atoms with Crippen molar-refractivity contribution in [3.8, 4) is 0 Å². The largest absolute Gasteiger partial charge is 0.466 e. The molecule has 2 N–H and O–H groups in total. The standard InChI is InChI=1S/C15H20NO6P/c1-11(14(17)21-3)10-23(19,20)12(2)16-15(18)22-9-13-7-5-4-6-8-13/h4-8,12H,1,9-10H2,2-3H3,(H,16,18)(H,19,20). The Kier molecular flexibility index (Phi) is 7.00. The first kappa shape index (κ1) is 18.9. The molecule has 2 unspecified atom stereocenters. The maximum Gasteiger partial charge on any atom is 0.408 e. The van der Waals surface area contributed by atoms with Gasteiger partial charge in [-0.1, -0.05) is 36.9 Å². The summed E-state index contributed by atoms with van der Waals surface area (Å²) in [6.07, 6.45) is -1.29. The van der Waals surface area contributed by atoms with Gasteiger partial charge in [0, 0.05) is 5.57 Å². The van der Waals surface area contributed by atoms with Crippen LogP contribution < -0.4 is 5.32 Å². The number of methoxy groups -OCH3 is 1. The van der Waals surface area contributed by atoms with Crippen LogP contribution in [0, 0.1) is 0 Å². The summed E-state index contributed by atoms with van der Waals surface area (Å²) < 4.78 is 21.6. The third kappa shape index (κ3) is 6.26. The third-order valence-corrected chi connectivity index (χ3v) is 5.21. The van der Waals surface area contributed by atoms with E-state index in [0.29, 0.717) is 0 Å². The lowest BCUT2D eigenvalue weighted by molar-refractivity contribution is -0.135. The molecule has 0 fully saturated rings. The molecule has 8 heteroatoms. The highest BCUT2D eigenvalue weighted by molar-refractivity contribution is 7.59. The number of carbonyl (C=O) groups excluding carboxylic acids is 2. The van der Waals surface area contributed by atoms with Crippen molar-refractivity contribution in [1.82, 2.24) is 5.32 Å². The van der Waals surface area contributed by atoms with E-state index in [9.17, 15) is 19.0 Å². The first-order valence-electron chi connectivity index (χ1n) is 6.81. The molecule has 23 heavy (non-hydrogen) atoms. The van der Waals surface area contributed by atoms with Crippen molar-refractivity contribution in [2.24, 2.45) is 0 Å². The number of alkyl carbamates (subject to hydrolysis) is 1. The smallest absolute Gasteiger partial charge is 0.408 e. The molecule has 0 spiro atoms. The van der Waals surface area contributed by atoms with Gasteiger partial charge < -0.3 is 19.7 Å². The second-order valence-corrected chi connectivity index (χ2v) is 7.49. The summed E-state index contributed by atoms with van der Waals surface area (Å²) in [6, 6.07) is 9.02. The molecule has 0 aliphatic heterocycles. The van der Waals surface area contributed by atoms with E-state index >= 15 is 0 Å². The molecule has 1 aromatic rings. The molecule has 126 valence electrons. The van der Waals surface area contributed by atoms with E-state index in [1.54, 1.807) is 24.3 Å². The lowest BCUT2D eigenvalue weighted by Crippen LogP contribution is -2.34. The zero-order valence-corrected chi connectivity index (χ0v) is 13.9. The van der Waals surface area contributed by atoms with Gasteiger partial charge in [-0.25, -0.2) is 9.59 Å². The summed E-state index contributed by atoms with van der Waals surface area (Å²) in [4.78, 5) is 32.8. The average Bonchev–Trinajstić information content (AvgIpc) is 2.52. The summed E-state index contributed by atoms with van der Waals surface area (Å²) in [5, 5.41) is 2.29. The zero-order chi connectivity index (χ0) is 17.5. The Balaban J connectivity index is 2.51. The van der Waals surface area contributed by atoms with E-state index < -0.39 is 31.4 Å². The van der Waals surface area contributed by atoms with Gasteiger partial charge >= 0.3 is 12.1 Å². The van der Waals surface area contributed by atoms with Crippen molar-refractivity contribution in [1.29, 1.82) is 0 Å².